The normalized spacial score (nSPS) is 10.9. The van der Waals surface area contributed by atoms with Crippen LogP contribution in [-0.2, 0) is 18.7 Å². The van der Waals surface area contributed by atoms with Gasteiger partial charge in [-0.05, 0) is 53.9 Å². The molecule has 0 radical (unpaired) electrons. The second-order valence-electron chi connectivity index (χ2n) is 6.84. The van der Waals surface area contributed by atoms with Crippen molar-refractivity contribution in [3.05, 3.63) is 94.5 Å². The van der Waals surface area contributed by atoms with Gasteiger partial charge in [-0.3, -0.25) is 0 Å². The van der Waals surface area contributed by atoms with Crippen LogP contribution in [0.3, 0.4) is 0 Å². The van der Waals surface area contributed by atoms with Gasteiger partial charge in [-0.2, -0.15) is 0 Å². The topological polar surface area (TPSA) is 39.9 Å². The monoisotopic (exact) mass is 479 g/mol. The van der Waals surface area contributed by atoms with E-state index in [4.69, 9.17) is 4.74 Å². The van der Waals surface area contributed by atoms with Crippen LogP contribution in [0.1, 0.15) is 11.1 Å². The van der Waals surface area contributed by atoms with E-state index in [0.29, 0.717) is 0 Å². The van der Waals surface area contributed by atoms with Crippen LogP contribution in [0.2, 0.25) is 0 Å². The lowest BCUT2D eigenvalue weighted by Crippen LogP contribution is -2.05. The van der Waals surface area contributed by atoms with Crippen LogP contribution in [0.25, 0.3) is 11.4 Å². The number of ether oxygens (including phenoxy) is 1. The standard InChI is InChI=1S/C24H22BrN3OS/c1-29-22-12-10-20(11-13-22)23-26-27-24(30-17-19-8-5-9-21(25)16-19)28(23)15-14-18-6-3-2-4-7-18/h2-13,16H,14-15,17H2,1H3. The zero-order valence-electron chi connectivity index (χ0n) is 16.7. The minimum absolute atomic E-state index is 0.819. The van der Waals surface area contributed by atoms with E-state index in [-0.39, 0.29) is 0 Å². The number of methoxy groups -OCH3 is 1. The van der Waals surface area contributed by atoms with Crippen molar-refractivity contribution in [3.63, 3.8) is 0 Å². The van der Waals surface area contributed by atoms with Gasteiger partial charge < -0.3 is 9.30 Å². The Labute approximate surface area is 189 Å². The average Bonchev–Trinajstić information content (AvgIpc) is 3.20. The molecule has 0 amide bonds. The highest BCUT2D eigenvalue weighted by atomic mass is 79.9. The van der Waals surface area contributed by atoms with E-state index in [1.165, 1.54) is 11.1 Å². The molecule has 4 nitrogen and oxygen atoms in total. The first-order chi connectivity index (χ1) is 14.7. The van der Waals surface area contributed by atoms with Crippen molar-refractivity contribution >= 4 is 27.7 Å². The Kier molecular flexibility index (Phi) is 6.87. The number of halogens is 1. The maximum absolute atomic E-state index is 5.29. The van der Waals surface area contributed by atoms with Crippen LogP contribution in [0.5, 0.6) is 5.75 Å². The molecule has 0 aliphatic carbocycles. The summed E-state index contributed by atoms with van der Waals surface area (Å²) in [6, 6.07) is 26.9. The number of hydrogen-bond acceptors (Lipinski definition) is 4. The highest BCUT2D eigenvalue weighted by molar-refractivity contribution is 9.10. The largest absolute Gasteiger partial charge is 0.497 e. The van der Waals surface area contributed by atoms with Crippen molar-refractivity contribution in [2.24, 2.45) is 0 Å². The van der Waals surface area contributed by atoms with Crippen molar-refractivity contribution in [3.8, 4) is 17.1 Å². The van der Waals surface area contributed by atoms with Gasteiger partial charge in [-0.1, -0.05) is 70.2 Å². The summed E-state index contributed by atoms with van der Waals surface area (Å²) in [5.41, 5.74) is 3.58. The predicted molar refractivity (Wildman–Crippen MR) is 126 cm³/mol. The summed E-state index contributed by atoms with van der Waals surface area (Å²) < 4.78 is 8.60. The Morgan fingerprint density at radius 3 is 2.40 bits per heavy atom. The maximum Gasteiger partial charge on any atom is 0.191 e. The molecule has 0 aliphatic rings. The molecule has 0 bridgehead atoms. The fourth-order valence-electron chi connectivity index (χ4n) is 3.21. The molecule has 0 atom stereocenters. The summed E-state index contributed by atoms with van der Waals surface area (Å²) >= 11 is 5.26. The molecule has 0 saturated carbocycles. The van der Waals surface area contributed by atoms with E-state index in [0.717, 1.165) is 45.5 Å². The van der Waals surface area contributed by atoms with E-state index in [2.05, 4.69) is 73.2 Å². The van der Waals surface area contributed by atoms with Crippen LogP contribution in [-0.4, -0.2) is 21.9 Å². The minimum atomic E-state index is 0.819. The molecule has 152 valence electrons. The van der Waals surface area contributed by atoms with Gasteiger partial charge >= 0.3 is 0 Å². The van der Waals surface area contributed by atoms with E-state index in [1.54, 1.807) is 18.9 Å². The van der Waals surface area contributed by atoms with Crippen LogP contribution >= 0.6 is 27.7 Å². The van der Waals surface area contributed by atoms with Gasteiger partial charge in [0.2, 0.25) is 0 Å². The molecule has 4 rings (SSSR count). The number of aromatic nitrogens is 3. The Hall–Kier alpha value is -2.57. The van der Waals surface area contributed by atoms with Gasteiger partial charge in [0, 0.05) is 22.3 Å². The molecule has 4 aromatic rings. The second kappa shape index (κ2) is 9.96. The van der Waals surface area contributed by atoms with E-state index >= 15 is 0 Å². The van der Waals surface area contributed by atoms with Crippen molar-refractivity contribution in [1.29, 1.82) is 0 Å². The van der Waals surface area contributed by atoms with Crippen LogP contribution in [0.15, 0.2) is 88.5 Å². The number of aryl methyl sites for hydroxylation is 1. The lowest BCUT2D eigenvalue weighted by atomic mass is 10.1. The third kappa shape index (κ3) is 5.12. The Balaban J connectivity index is 1.60. The van der Waals surface area contributed by atoms with Crippen LogP contribution < -0.4 is 4.74 Å². The molecule has 0 saturated heterocycles. The van der Waals surface area contributed by atoms with Crippen LogP contribution in [0.4, 0.5) is 0 Å². The van der Waals surface area contributed by atoms with Crippen molar-refractivity contribution in [2.75, 3.05) is 7.11 Å². The fourth-order valence-corrected chi connectivity index (χ4v) is 4.57. The summed E-state index contributed by atoms with van der Waals surface area (Å²) in [6.07, 6.45) is 0.923. The van der Waals surface area contributed by atoms with Gasteiger partial charge in [0.05, 0.1) is 7.11 Å². The quantitative estimate of drug-likeness (QED) is 0.280. The van der Waals surface area contributed by atoms with E-state index < -0.39 is 0 Å². The molecule has 30 heavy (non-hydrogen) atoms. The van der Waals surface area contributed by atoms with Gasteiger partial charge in [0.25, 0.3) is 0 Å². The zero-order chi connectivity index (χ0) is 20.8. The van der Waals surface area contributed by atoms with Gasteiger partial charge in [0.1, 0.15) is 5.75 Å². The average molecular weight is 480 g/mol. The summed E-state index contributed by atoms with van der Waals surface area (Å²) in [4.78, 5) is 0. The summed E-state index contributed by atoms with van der Waals surface area (Å²) in [5, 5.41) is 9.97. The molecule has 0 fully saturated rings. The SMILES string of the molecule is COc1ccc(-c2nnc(SCc3cccc(Br)c3)n2CCc2ccccc2)cc1. The van der Waals surface area contributed by atoms with E-state index in [9.17, 15) is 0 Å². The second-order valence-corrected chi connectivity index (χ2v) is 8.70. The van der Waals surface area contributed by atoms with Gasteiger partial charge in [-0.15, -0.1) is 10.2 Å². The summed E-state index contributed by atoms with van der Waals surface area (Å²) in [7, 11) is 1.67. The molecule has 0 aliphatic heterocycles. The fraction of sp³-hybridized carbons (Fsp3) is 0.167. The van der Waals surface area contributed by atoms with Gasteiger partial charge in [0.15, 0.2) is 11.0 Å². The van der Waals surface area contributed by atoms with Crippen LogP contribution in [0, 0.1) is 0 Å². The molecule has 6 heteroatoms. The molecule has 1 heterocycles. The molecule has 0 spiro atoms. The van der Waals surface area contributed by atoms with Crippen molar-refractivity contribution < 1.29 is 4.74 Å². The zero-order valence-corrected chi connectivity index (χ0v) is 19.1. The number of benzene rings is 3. The lowest BCUT2D eigenvalue weighted by molar-refractivity contribution is 0.415. The molecule has 1 aromatic heterocycles. The maximum atomic E-state index is 5.29. The lowest BCUT2D eigenvalue weighted by Gasteiger charge is -2.11. The van der Waals surface area contributed by atoms with Crippen molar-refractivity contribution in [1.82, 2.24) is 14.8 Å². The highest BCUT2D eigenvalue weighted by Crippen LogP contribution is 2.28. The molecular weight excluding hydrogens is 458 g/mol. The predicted octanol–water partition coefficient (Wildman–Crippen LogP) is 6.25. The van der Waals surface area contributed by atoms with E-state index in [1.807, 2.05) is 36.4 Å². The number of thioether (sulfide) groups is 1. The first-order valence-electron chi connectivity index (χ1n) is 9.72. The molecule has 0 unspecified atom stereocenters. The smallest absolute Gasteiger partial charge is 0.191 e. The first-order valence-corrected chi connectivity index (χ1v) is 11.5. The Morgan fingerprint density at radius 2 is 1.67 bits per heavy atom. The molecule has 3 aromatic carbocycles. The Morgan fingerprint density at radius 1 is 0.900 bits per heavy atom. The number of nitrogens with zero attached hydrogens (tertiary/aromatic N) is 3. The first kappa shape index (κ1) is 20.7. The third-order valence-electron chi connectivity index (χ3n) is 4.79. The molecular formula is C24H22BrN3OS. The summed E-state index contributed by atoms with van der Waals surface area (Å²) in [5.74, 6) is 2.55. The number of rotatable bonds is 8. The van der Waals surface area contributed by atoms with Gasteiger partial charge in [-0.25, -0.2) is 0 Å². The highest BCUT2D eigenvalue weighted by Gasteiger charge is 2.15. The third-order valence-corrected chi connectivity index (χ3v) is 6.32. The molecule has 0 N–H and O–H groups in total. The number of hydrogen-bond donors (Lipinski definition) is 0. The summed E-state index contributed by atoms with van der Waals surface area (Å²) in [6.45, 7) is 0.819. The Bertz CT molecular complexity index is 1100. The minimum Gasteiger partial charge on any atom is -0.497 e. The van der Waals surface area contributed by atoms with Crippen molar-refractivity contribution in [2.45, 2.75) is 23.9 Å².